The summed E-state index contributed by atoms with van der Waals surface area (Å²) in [5.41, 5.74) is 1.36. The van der Waals surface area contributed by atoms with Crippen molar-refractivity contribution in [3.63, 3.8) is 0 Å². The molecule has 19 heavy (non-hydrogen) atoms. The molecule has 0 spiro atoms. The molecule has 0 radical (unpaired) electrons. The summed E-state index contributed by atoms with van der Waals surface area (Å²) >= 11 is 0. The summed E-state index contributed by atoms with van der Waals surface area (Å²) in [6.07, 6.45) is 3.72. The van der Waals surface area contributed by atoms with Crippen molar-refractivity contribution < 1.29 is 0 Å². The molecule has 0 atom stereocenters. The summed E-state index contributed by atoms with van der Waals surface area (Å²) in [6, 6.07) is 10.6. The lowest BCUT2D eigenvalue weighted by molar-refractivity contribution is 0.562. The summed E-state index contributed by atoms with van der Waals surface area (Å²) in [5.74, 6) is 0. The van der Waals surface area contributed by atoms with E-state index in [0.29, 0.717) is 0 Å². The molecule has 0 aromatic heterocycles. The second kappa shape index (κ2) is 12.2. The third-order valence-corrected chi connectivity index (χ3v) is 3.09. The second-order valence-electron chi connectivity index (χ2n) is 4.83. The van der Waals surface area contributed by atoms with Gasteiger partial charge in [0.1, 0.15) is 0 Å². The molecule has 108 valence electrons. The van der Waals surface area contributed by atoms with Gasteiger partial charge in [0.15, 0.2) is 0 Å². The van der Waals surface area contributed by atoms with Crippen molar-refractivity contribution in [3.05, 3.63) is 35.9 Å². The van der Waals surface area contributed by atoms with Gasteiger partial charge in [-0.3, -0.25) is 0 Å². The van der Waals surface area contributed by atoms with Crippen molar-refractivity contribution in [2.24, 2.45) is 0 Å². The van der Waals surface area contributed by atoms with Crippen LogP contribution in [0.5, 0.6) is 0 Å². The smallest absolute Gasteiger partial charge is 0.0205 e. The van der Waals surface area contributed by atoms with Crippen LogP contribution in [-0.2, 0) is 6.54 Å². The van der Waals surface area contributed by atoms with Gasteiger partial charge < -0.3 is 16.0 Å². The van der Waals surface area contributed by atoms with E-state index in [2.05, 4.69) is 53.2 Å². The quantitative estimate of drug-likeness (QED) is 0.506. The Hall–Kier alpha value is -0.900. The Labute approximate surface area is 118 Å². The summed E-state index contributed by atoms with van der Waals surface area (Å²) in [5, 5.41) is 10.3. The molecule has 0 heterocycles. The third kappa shape index (κ3) is 9.65. The third-order valence-electron chi connectivity index (χ3n) is 3.09. The fraction of sp³-hybridized carbons (Fsp3) is 0.625. The van der Waals surface area contributed by atoms with Crippen LogP contribution in [0.4, 0.5) is 0 Å². The zero-order valence-electron chi connectivity index (χ0n) is 12.3. The van der Waals surface area contributed by atoms with Gasteiger partial charge in [-0.2, -0.15) is 0 Å². The Bertz CT molecular complexity index is 287. The molecule has 3 N–H and O–H groups in total. The molecule has 0 aliphatic carbocycles. The Morgan fingerprint density at radius 2 is 1.37 bits per heavy atom. The van der Waals surface area contributed by atoms with Crippen LogP contribution < -0.4 is 16.0 Å². The summed E-state index contributed by atoms with van der Waals surface area (Å²) in [4.78, 5) is 0. The number of hydrogen-bond acceptors (Lipinski definition) is 3. The molecular weight excluding hydrogens is 234 g/mol. The van der Waals surface area contributed by atoms with Gasteiger partial charge in [0.2, 0.25) is 0 Å². The first-order chi connectivity index (χ1) is 9.43. The summed E-state index contributed by atoms with van der Waals surface area (Å²) < 4.78 is 0. The van der Waals surface area contributed by atoms with Gasteiger partial charge in [0, 0.05) is 6.54 Å². The first-order valence-electron chi connectivity index (χ1n) is 7.59. The number of hydrogen-bond donors (Lipinski definition) is 3. The van der Waals surface area contributed by atoms with Crippen LogP contribution in [0, 0.1) is 0 Å². The van der Waals surface area contributed by atoms with Gasteiger partial charge in [-0.25, -0.2) is 0 Å². The van der Waals surface area contributed by atoms with E-state index in [-0.39, 0.29) is 0 Å². The van der Waals surface area contributed by atoms with E-state index >= 15 is 0 Å². The molecule has 0 saturated carbocycles. The molecule has 0 aliphatic heterocycles. The Morgan fingerprint density at radius 1 is 0.737 bits per heavy atom. The van der Waals surface area contributed by atoms with Crippen LogP contribution in [0.25, 0.3) is 0 Å². The second-order valence-corrected chi connectivity index (χ2v) is 4.83. The number of rotatable bonds is 12. The maximum atomic E-state index is 3.49. The largest absolute Gasteiger partial charge is 0.317 e. The Kier molecular flexibility index (Phi) is 10.3. The molecule has 1 rings (SSSR count). The SMILES string of the molecule is CCNCCCNCCCCNCc1ccccc1. The van der Waals surface area contributed by atoms with Crippen LogP contribution >= 0.6 is 0 Å². The molecule has 0 amide bonds. The maximum Gasteiger partial charge on any atom is 0.0205 e. The van der Waals surface area contributed by atoms with E-state index in [4.69, 9.17) is 0 Å². The molecule has 3 nitrogen and oxygen atoms in total. The van der Waals surface area contributed by atoms with E-state index in [1.807, 2.05) is 0 Å². The highest BCUT2D eigenvalue weighted by atomic mass is 14.9. The molecule has 0 fully saturated rings. The highest BCUT2D eigenvalue weighted by Gasteiger charge is 1.92. The van der Waals surface area contributed by atoms with Gasteiger partial charge in [-0.1, -0.05) is 37.3 Å². The van der Waals surface area contributed by atoms with Crippen molar-refractivity contribution in [3.8, 4) is 0 Å². The predicted molar refractivity (Wildman–Crippen MR) is 83.4 cm³/mol. The lowest BCUT2D eigenvalue weighted by Gasteiger charge is -2.06. The molecule has 1 aromatic carbocycles. The standard InChI is InChI=1S/C16H29N3/c1-2-17-13-8-14-18-11-6-7-12-19-15-16-9-4-3-5-10-16/h3-5,9-10,17-19H,2,6-8,11-15H2,1H3. The van der Waals surface area contributed by atoms with Crippen molar-refractivity contribution >= 4 is 0 Å². The van der Waals surface area contributed by atoms with Crippen LogP contribution in [0.2, 0.25) is 0 Å². The Balaban J connectivity index is 1.79. The molecular formula is C16H29N3. The molecule has 0 aliphatic rings. The zero-order chi connectivity index (χ0) is 13.6. The Morgan fingerprint density at radius 3 is 2.11 bits per heavy atom. The van der Waals surface area contributed by atoms with Crippen LogP contribution in [0.1, 0.15) is 31.7 Å². The minimum atomic E-state index is 0.983. The van der Waals surface area contributed by atoms with E-state index in [9.17, 15) is 0 Å². The van der Waals surface area contributed by atoms with E-state index in [1.54, 1.807) is 0 Å². The highest BCUT2D eigenvalue weighted by molar-refractivity contribution is 5.14. The fourth-order valence-corrected chi connectivity index (χ4v) is 1.97. The van der Waals surface area contributed by atoms with Crippen molar-refractivity contribution in [2.75, 3.05) is 32.7 Å². The molecule has 0 bridgehead atoms. The minimum Gasteiger partial charge on any atom is -0.317 e. The van der Waals surface area contributed by atoms with E-state index in [0.717, 1.165) is 39.3 Å². The molecule has 3 heteroatoms. The van der Waals surface area contributed by atoms with Crippen LogP contribution in [0.3, 0.4) is 0 Å². The normalized spacial score (nSPS) is 10.8. The maximum absolute atomic E-state index is 3.49. The van der Waals surface area contributed by atoms with Gasteiger partial charge >= 0.3 is 0 Å². The molecule has 0 saturated heterocycles. The van der Waals surface area contributed by atoms with Crippen molar-refractivity contribution in [1.82, 2.24) is 16.0 Å². The van der Waals surface area contributed by atoms with Crippen molar-refractivity contribution in [1.29, 1.82) is 0 Å². The average Bonchev–Trinajstić information content (AvgIpc) is 2.46. The van der Waals surface area contributed by atoms with E-state index in [1.165, 1.54) is 24.8 Å². The van der Waals surface area contributed by atoms with Gasteiger partial charge in [0.05, 0.1) is 0 Å². The number of nitrogens with one attached hydrogen (secondary N) is 3. The minimum absolute atomic E-state index is 0.983. The zero-order valence-corrected chi connectivity index (χ0v) is 12.3. The average molecular weight is 263 g/mol. The van der Waals surface area contributed by atoms with Crippen LogP contribution in [0.15, 0.2) is 30.3 Å². The van der Waals surface area contributed by atoms with Gasteiger partial charge in [0.25, 0.3) is 0 Å². The van der Waals surface area contributed by atoms with Crippen molar-refractivity contribution in [2.45, 2.75) is 32.7 Å². The molecule has 1 aromatic rings. The highest BCUT2D eigenvalue weighted by Crippen LogP contribution is 1.97. The monoisotopic (exact) mass is 263 g/mol. The van der Waals surface area contributed by atoms with Gasteiger partial charge in [-0.05, 0) is 57.5 Å². The van der Waals surface area contributed by atoms with Crippen LogP contribution in [-0.4, -0.2) is 32.7 Å². The molecule has 0 unspecified atom stereocenters. The first kappa shape index (κ1) is 16.2. The predicted octanol–water partition coefficient (Wildman–Crippen LogP) is 2.15. The number of benzene rings is 1. The summed E-state index contributed by atoms with van der Waals surface area (Å²) in [7, 11) is 0. The topological polar surface area (TPSA) is 36.1 Å². The van der Waals surface area contributed by atoms with Gasteiger partial charge in [-0.15, -0.1) is 0 Å². The number of unbranched alkanes of at least 4 members (excludes halogenated alkanes) is 1. The van der Waals surface area contributed by atoms with E-state index < -0.39 is 0 Å². The lowest BCUT2D eigenvalue weighted by Crippen LogP contribution is -2.23. The lowest BCUT2D eigenvalue weighted by atomic mass is 10.2. The first-order valence-corrected chi connectivity index (χ1v) is 7.59. The summed E-state index contributed by atoms with van der Waals surface area (Å²) in [6.45, 7) is 8.71. The fourth-order valence-electron chi connectivity index (χ4n) is 1.97.